The molecule has 0 atom stereocenters. The number of fused-ring (bicyclic) bond motifs is 1. The number of aromatic nitrogens is 1. The lowest BCUT2D eigenvalue weighted by Gasteiger charge is -2.15. The number of nitrogens with zero attached hydrogens (tertiary/aromatic N) is 1. The van der Waals surface area contributed by atoms with E-state index in [0.29, 0.717) is 17.1 Å². The molecular weight excluding hydrogens is 428 g/mol. The molecule has 0 aliphatic heterocycles. The summed E-state index contributed by atoms with van der Waals surface area (Å²) in [4.78, 5) is 12.7. The number of rotatable bonds is 5. The first kappa shape index (κ1) is 21.5. The highest BCUT2D eigenvalue weighted by atomic mass is 35.5. The standard InChI is InChI=1S/C29H27ClN2O/c30-25-12-7-8-21(18-25)20-31-29(33)23-14-16-26(17-15-23)32-27-13-6-2-5-11-24(27)19-28(32)22-9-3-1-4-10-22/h1,3-4,7-10,12,14-19H,2,5-6,11,13,20H2,(H,31,33). The molecule has 5 rings (SSSR count). The third kappa shape index (κ3) is 4.74. The van der Waals surface area contributed by atoms with Crippen LogP contribution < -0.4 is 5.32 Å². The zero-order valence-corrected chi connectivity index (χ0v) is 19.3. The Morgan fingerprint density at radius 3 is 2.42 bits per heavy atom. The monoisotopic (exact) mass is 454 g/mol. The largest absolute Gasteiger partial charge is 0.348 e. The number of halogens is 1. The second kappa shape index (κ2) is 9.68. The first-order valence-corrected chi connectivity index (χ1v) is 12.0. The molecule has 1 N–H and O–H groups in total. The normalized spacial score (nSPS) is 13.2. The van der Waals surface area contributed by atoms with E-state index >= 15 is 0 Å². The summed E-state index contributed by atoms with van der Waals surface area (Å²) in [6.07, 6.45) is 5.96. The number of amides is 1. The minimum Gasteiger partial charge on any atom is -0.348 e. The summed E-state index contributed by atoms with van der Waals surface area (Å²) in [7, 11) is 0. The van der Waals surface area contributed by atoms with Crippen LogP contribution in [0.1, 0.15) is 46.4 Å². The summed E-state index contributed by atoms with van der Waals surface area (Å²) < 4.78 is 2.39. The van der Waals surface area contributed by atoms with Gasteiger partial charge in [-0.05, 0) is 84.8 Å². The highest BCUT2D eigenvalue weighted by Crippen LogP contribution is 2.33. The van der Waals surface area contributed by atoms with E-state index in [-0.39, 0.29) is 5.91 Å². The smallest absolute Gasteiger partial charge is 0.251 e. The van der Waals surface area contributed by atoms with Crippen molar-refractivity contribution in [2.75, 3.05) is 0 Å². The molecule has 3 nitrogen and oxygen atoms in total. The highest BCUT2D eigenvalue weighted by Gasteiger charge is 2.19. The van der Waals surface area contributed by atoms with Crippen molar-refractivity contribution in [1.29, 1.82) is 0 Å². The van der Waals surface area contributed by atoms with Gasteiger partial charge in [0.05, 0.1) is 5.69 Å². The Morgan fingerprint density at radius 2 is 1.64 bits per heavy atom. The van der Waals surface area contributed by atoms with Gasteiger partial charge in [0.25, 0.3) is 5.91 Å². The van der Waals surface area contributed by atoms with Gasteiger partial charge >= 0.3 is 0 Å². The number of hydrogen-bond acceptors (Lipinski definition) is 1. The fourth-order valence-corrected chi connectivity index (χ4v) is 4.90. The predicted molar refractivity (Wildman–Crippen MR) is 135 cm³/mol. The molecule has 0 unspecified atom stereocenters. The molecule has 4 aromatic rings. The maximum absolute atomic E-state index is 12.7. The molecule has 0 saturated carbocycles. The molecule has 4 heteroatoms. The molecule has 1 aliphatic rings. The molecule has 1 amide bonds. The summed E-state index contributed by atoms with van der Waals surface area (Å²) in [5.41, 5.74) is 8.03. The Labute approximate surface area is 200 Å². The second-order valence-electron chi connectivity index (χ2n) is 8.62. The lowest BCUT2D eigenvalue weighted by Crippen LogP contribution is -2.22. The van der Waals surface area contributed by atoms with Crippen molar-refractivity contribution in [1.82, 2.24) is 9.88 Å². The summed E-state index contributed by atoms with van der Waals surface area (Å²) in [6, 6.07) is 28.4. The van der Waals surface area contributed by atoms with Gasteiger partial charge in [0, 0.05) is 28.5 Å². The Kier molecular flexibility index (Phi) is 6.32. The molecule has 0 radical (unpaired) electrons. The number of hydrogen-bond donors (Lipinski definition) is 1. The van der Waals surface area contributed by atoms with Crippen LogP contribution in [0.15, 0.2) is 84.9 Å². The molecule has 0 fully saturated rings. The van der Waals surface area contributed by atoms with Gasteiger partial charge in [-0.25, -0.2) is 0 Å². The van der Waals surface area contributed by atoms with Crippen LogP contribution in [0.4, 0.5) is 0 Å². The molecule has 0 saturated heterocycles. The molecule has 1 heterocycles. The minimum absolute atomic E-state index is 0.0869. The maximum atomic E-state index is 12.7. The molecule has 0 spiro atoms. The average Bonchev–Trinajstić information content (AvgIpc) is 3.05. The summed E-state index contributed by atoms with van der Waals surface area (Å²) in [5, 5.41) is 3.66. The van der Waals surface area contributed by atoms with Gasteiger partial charge in [0.1, 0.15) is 0 Å². The van der Waals surface area contributed by atoms with Gasteiger partial charge in [0.2, 0.25) is 0 Å². The number of carbonyl (C=O) groups excluding carboxylic acids is 1. The van der Waals surface area contributed by atoms with E-state index in [1.807, 2.05) is 36.4 Å². The van der Waals surface area contributed by atoms with Crippen LogP contribution in [0.5, 0.6) is 0 Å². The number of benzene rings is 3. The molecule has 166 valence electrons. The quantitative estimate of drug-likeness (QED) is 0.324. The topological polar surface area (TPSA) is 34.0 Å². The SMILES string of the molecule is O=C(NCc1cccc(Cl)c1)c1ccc(-n2c(-c3ccccc3)cc3c2CCCCC3)cc1. The van der Waals surface area contributed by atoms with E-state index in [9.17, 15) is 4.79 Å². The van der Waals surface area contributed by atoms with E-state index in [1.165, 1.54) is 41.8 Å². The summed E-state index contributed by atoms with van der Waals surface area (Å²) in [6.45, 7) is 0.449. The molecule has 1 aliphatic carbocycles. The maximum Gasteiger partial charge on any atom is 0.251 e. The van der Waals surface area contributed by atoms with Gasteiger partial charge in [-0.15, -0.1) is 0 Å². The van der Waals surface area contributed by atoms with Crippen LogP contribution in [-0.4, -0.2) is 10.5 Å². The Balaban J connectivity index is 1.43. The Bertz CT molecular complexity index is 1260. The molecule has 3 aromatic carbocycles. The first-order valence-electron chi connectivity index (χ1n) is 11.6. The van der Waals surface area contributed by atoms with E-state index in [1.54, 1.807) is 0 Å². The molecule has 1 aromatic heterocycles. The summed E-state index contributed by atoms with van der Waals surface area (Å²) >= 11 is 6.05. The third-order valence-electron chi connectivity index (χ3n) is 6.35. The number of nitrogens with one attached hydrogen (secondary N) is 1. The van der Waals surface area contributed by atoms with Crippen LogP contribution in [0, 0.1) is 0 Å². The fourth-order valence-electron chi connectivity index (χ4n) is 4.68. The van der Waals surface area contributed by atoms with E-state index < -0.39 is 0 Å². The lowest BCUT2D eigenvalue weighted by atomic mass is 10.1. The van der Waals surface area contributed by atoms with E-state index in [2.05, 4.69) is 58.4 Å². The number of aryl methyl sites for hydroxylation is 1. The van der Waals surface area contributed by atoms with Gasteiger partial charge in [0.15, 0.2) is 0 Å². The van der Waals surface area contributed by atoms with Crippen molar-refractivity contribution in [3.63, 3.8) is 0 Å². The van der Waals surface area contributed by atoms with E-state index in [4.69, 9.17) is 11.6 Å². The van der Waals surface area contributed by atoms with Crippen molar-refractivity contribution >= 4 is 17.5 Å². The van der Waals surface area contributed by atoms with Gasteiger partial charge in [-0.2, -0.15) is 0 Å². The van der Waals surface area contributed by atoms with Crippen LogP contribution in [0.2, 0.25) is 5.02 Å². The van der Waals surface area contributed by atoms with Crippen LogP contribution in [0.3, 0.4) is 0 Å². The van der Waals surface area contributed by atoms with Crippen LogP contribution in [-0.2, 0) is 19.4 Å². The van der Waals surface area contributed by atoms with Crippen molar-refractivity contribution in [3.05, 3.63) is 112 Å². The average molecular weight is 455 g/mol. The highest BCUT2D eigenvalue weighted by molar-refractivity contribution is 6.30. The van der Waals surface area contributed by atoms with Crippen molar-refractivity contribution in [2.45, 2.75) is 38.6 Å². The van der Waals surface area contributed by atoms with Crippen LogP contribution in [0.25, 0.3) is 16.9 Å². The van der Waals surface area contributed by atoms with Crippen molar-refractivity contribution in [3.8, 4) is 16.9 Å². The van der Waals surface area contributed by atoms with E-state index in [0.717, 1.165) is 24.1 Å². The predicted octanol–water partition coefficient (Wildman–Crippen LogP) is 7.00. The zero-order chi connectivity index (χ0) is 22.6. The van der Waals surface area contributed by atoms with Gasteiger partial charge < -0.3 is 9.88 Å². The zero-order valence-electron chi connectivity index (χ0n) is 18.6. The van der Waals surface area contributed by atoms with Crippen molar-refractivity contribution in [2.24, 2.45) is 0 Å². The molecule has 0 bridgehead atoms. The van der Waals surface area contributed by atoms with Crippen LogP contribution >= 0.6 is 11.6 Å². The van der Waals surface area contributed by atoms with Crippen molar-refractivity contribution < 1.29 is 4.79 Å². The van der Waals surface area contributed by atoms with Gasteiger partial charge in [-0.3, -0.25) is 4.79 Å². The second-order valence-corrected chi connectivity index (χ2v) is 9.06. The Hall–Kier alpha value is -3.30. The molecule has 33 heavy (non-hydrogen) atoms. The fraction of sp³-hybridized carbons (Fsp3) is 0.207. The number of carbonyl (C=O) groups is 1. The first-order chi connectivity index (χ1) is 16.2. The molecular formula is C29H27ClN2O. The summed E-state index contributed by atoms with van der Waals surface area (Å²) in [5.74, 6) is -0.0869. The van der Waals surface area contributed by atoms with Gasteiger partial charge in [-0.1, -0.05) is 60.5 Å². The Morgan fingerprint density at radius 1 is 0.848 bits per heavy atom. The lowest BCUT2D eigenvalue weighted by molar-refractivity contribution is 0.0951. The minimum atomic E-state index is -0.0869. The third-order valence-corrected chi connectivity index (χ3v) is 6.59.